The van der Waals surface area contributed by atoms with E-state index in [0.29, 0.717) is 13.0 Å². The summed E-state index contributed by atoms with van der Waals surface area (Å²) < 4.78 is 4.84. The summed E-state index contributed by atoms with van der Waals surface area (Å²) in [4.78, 5) is 13.1. The third kappa shape index (κ3) is 5.35. The number of methoxy groups -OCH3 is 1. The van der Waals surface area contributed by atoms with Crippen LogP contribution in [0.3, 0.4) is 0 Å². The molecular formula is C17H22N2O3S. The molecule has 6 heteroatoms. The van der Waals surface area contributed by atoms with Gasteiger partial charge in [0.05, 0.1) is 12.7 Å². The molecule has 0 radical (unpaired) electrons. The molecule has 0 aliphatic carbocycles. The van der Waals surface area contributed by atoms with Gasteiger partial charge >= 0.3 is 6.03 Å². The Morgan fingerprint density at radius 2 is 2.22 bits per heavy atom. The molecule has 1 unspecified atom stereocenters. The average molecular weight is 334 g/mol. The van der Waals surface area contributed by atoms with Crippen molar-refractivity contribution in [3.63, 3.8) is 0 Å². The number of anilines is 1. The molecule has 2 aromatic rings. The summed E-state index contributed by atoms with van der Waals surface area (Å²) in [6, 6.07) is 9.56. The molecule has 0 spiro atoms. The molecule has 0 saturated heterocycles. The molecule has 2 amide bonds. The first-order valence-corrected chi connectivity index (χ1v) is 8.34. The first-order valence-electron chi connectivity index (χ1n) is 7.46. The average Bonchev–Trinajstić information content (AvgIpc) is 2.94. The summed E-state index contributed by atoms with van der Waals surface area (Å²) in [5.74, 6) is 0. The molecule has 1 aromatic heterocycles. The molecule has 5 nitrogen and oxygen atoms in total. The maximum Gasteiger partial charge on any atom is 0.319 e. The van der Waals surface area contributed by atoms with Gasteiger partial charge in [-0.2, -0.15) is 0 Å². The van der Waals surface area contributed by atoms with Gasteiger partial charge in [0.2, 0.25) is 0 Å². The molecule has 124 valence electrons. The smallest absolute Gasteiger partial charge is 0.319 e. The van der Waals surface area contributed by atoms with Crippen molar-refractivity contribution < 1.29 is 14.6 Å². The van der Waals surface area contributed by atoms with Crippen LogP contribution in [0.25, 0.3) is 10.4 Å². The van der Waals surface area contributed by atoms with Crippen LogP contribution >= 0.6 is 11.3 Å². The van der Waals surface area contributed by atoms with Crippen LogP contribution in [-0.2, 0) is 4.74 Å². The van der Waals surface area contributed by atoms with E-state index >= 15 is 0 Å². The van der Waals surface area contributed by atoms with E-state index in [1.54, 1.807) is 11.3 Å². The van der Waals surface area contributed by atoms with Crippen LogP contribution in [0.2, 0.25) is 0 Å². The number of rotatable bonds is 7. The summed E-state index contributed by atoms with van der Waals surface area (Å²) >= 11 is 1.68. The first kappa shape index (κ1) is 17.5. The van der Waals surface area contributed by atoms with Gasteiger partial charge in [-0.05, 0) is 48.1 Å². The highest BCUT2D eigenvalue weighted by Crippen LogP contribution is 2.30. The maximum atomic E-state index is 11.9. The quantitative estimate of drug-likeness (QED) is 0.728. The fourth-order valence-electron chi connectivity index (χ4n) is 2.21. The summed E-state index contributed by atoms with van der Waals surface area (Å²) in [5, 5.41) is 17.1. The molecule has 0 saturated carbocycles. The van der Waals surface area contributed by atoms with Crippen molar-refractivity contribution in [1.29, 1.82) is 0 Å². The Kier molecular flexibility index (Phi) is 6.58. The van der Waals surface area contributed by atoms with E-state index in [4.69, 9.17) is 4.74 Å². The standard InChI is InChI=1S/C17H22N2O3S/c1-12-7-9-23-16(12)13-4-3-5-14(10-13)19-17(21)18-8-6-15(20)11-22-2/h3-5,7,9-10,15,20H,6,8,11H2,1-2H3,(H2,18,19,21). The van der Waals surface area contributed by atoms with Gasteiger partial charge in [0.1, 0.15) is 0 Å². The van der Waals surface area contributed by atoms with Crippen LogP contribution in [0.4, 0.5) is 10.5 Å². The molecule has 23 heavy (non-hydrogen) atoms. The Balaban J connectivity index is 1.88. The number of carbonyl (C=O) groups excluding carboxylic acids is 1. The number of nitrogens with one attached hydrogen (secondary N) is 2. The van der Waals surface area contributed by atoms with E-state index in [0.717, 1.165) is 11.3 Å². The number of benzene rings is 1. The number of aliphatic hydroxyl groups excluding tert-OH is 1. The van der Waals surface area contributed by atoms with Crippen molar-refractivity contribution in [3.8, 4) is 10.4 Å². The Morgan fingerprint density at radius 3 is 2.91 bits per heavy atom. The molecule has 0 aliphatic rings. The molecule has 1 atom stereocenters. The summed E-state index contributed by atoms with van der Waals surface area (Å²) in [5.41, 5.74) is 3.06. The number of ether oxygens (including phenoxy) is 1. The number of thiophene rings is 1. The predicted molar refractivity (Wildman–Crippen MR) is 94.0 cm³/mol. The van der Waals surface area contributed by atoms with Crippen LogP contribution in [0.5, 0.6) is 0 Å². The molecule has 1 heterocycles. The van der Waals surface area contributed by atoms with Crippen LogP contribution in [-0.4, -0.2) is 37.5 Å². The SMILES string of the molecule is COCC(O)CCNC(=O)Nc1cccc(-c2sccc2C)c1. The van der Waals surface area contributed by atoms with Crippen LogP contribution < -0.4 is 10.6 Å². The minimum atomic E-state index is -0.564. The number of carbonyl (C=O) groups is 1. The molecule has 3 N–H and O–H groups in total. The van der Waals surface area contributed by atoms with Gasteiger partial charge in [0.15, 0.2) is 0 Å². The lowest BCUT2D eigenvalue weighted by Crippen LogP contribution is -2.32. The fraction of sp³-hybridized carbons (Fsp3) is 0.353. The highest BCUT2D eigenvalue weighted by atomic mass is 32.1. The van der Waals surface area contributed by atoms with Crippen LogP contribution in [0.1, 0.15) is 12.0 Å². The lowest BCUT2D eigenvalue weighted by Gasteiger charge is -2.11. The van der Waals surface area contributed by atoms with Crippen LogP contribution in [0, 0.1) is 6.92 Å². The van der Waals surface area contributed by atoms with E-state index in [9.17, 15) is 9.90 Å². The number of hydrogen-bond acceptors (Lipinski definition) is 4. The van der Waals surface area contributed by atoms with Crippen molar-refractivity contribution in [2.24, 2.45) is 0 Å². The van der Waals surface area contributed by atoms with Gasteiger partial charge in [-0.15, -0.1) is 11.3 Å². The van der Waals surface area contributed by atoms with E-state index in [-0.39, 0.29) is 12.6 Å². The summed E-state index contributed by atoms with van der Waals surface area (Å²) in [6.07, 6.45) is -0.110. The Bertz CT molecular complexity index is 642. The lowest BCUT2D eigenvalue weighted by atomic mass is 10.1. The lowest BCUT2D eigenvalue weighted by molar-refractivity contribution is 0.0599. The van der Waals surface area contributed by atoms with E-state index in [2.05, 4.69) is 29.0 Å². The number of aliphatic hydroxyl groups is 1. The Labute approximate surface area is 140 Å². The van der Waals surface area contributed by atoms with Crippen molar-refractivity contribution in [3.05, 3.63) is 41.3 Å². The largest absolute Gasteiger partial charge is 0.391 e. The zero-order valence-electron chi connectivity index (χ0n) is 13.3. The zero-order valence-corrected chi connectivity index (χ0v) is 14.2. The molecule has 1 aromatic carbocycles. The maximum absolute atomic E-state index is 11.9. The van der Waals surface area contributed by atoms with Crippen molar-refractivity contribution in [2.45, 2.75) is 19.4 Å². The van der Waals surface area contributed by atoms with Gasteiger partial charge in [-0.25, -0.2) is 4.79 Å². The summed E-state index contributed by atoms with van der Waals surface area (Å²) in [6.45, 7) is 2.73. The fourth-order valence-corrected chi connectivity index (χ4v) is 3.14. The molecule has 0 aliphatic heterocycles. The highest BCUT2D eigenvalue weighted by Gasteiger charge is 2.07. The predicted octanol–water partition coefficient (Wildman–Crippen LogP) is 3.24. The van der Waals surface area contributed by atoms with Crippen molar-refractivity contribution >= 4 is 23.1 Å². The van der Waals surface area contributed by atoms with Gasteiger partial charge in [-0.1, -0.05) is 12.1 Å². The molecule has 2 rings (SSSR count). The second-order valence-electron chi connectivity index (χ2n) is 5.29. The minimum absolute atomic E-state index is 0.269. The van der Waals surface area contributed by atoms with E-state index in [1.165, 1.54) is 17.6 Å². The zero-order chi connectivity index (χ0) is 16.7. The van der Waals surface area contributed by atoms with Gasteiger partial charge in [0.25, 0.3) is 0 Å². The molecular weight excluding hydrogens is 312 g/mol. The number of urea groups is 1. The summed E-state index contributed by atoms with van der Waals surface area (Å²) in [7, 11) is 1.53. The number of hydrogen-bond donors (Lipinski definition) is 3. The molecule has 0 bridgehead atoms. The molecule has 0 fully saturated rings. The highest BCUT2D eigenvalue weighted by molar-refractivity contribution is 7.13. The number of aryl methyl sites for hydroxylation is 1. The normalized spacial score (nSPS) is 12.0. The number of amides is 2. The Morgan fingerprint density at radius 1 is 1.39 bits per heavy atom. The van der Waals surface area contributed by atoms with Crippen molar-refractivity contribution in [2.75, 3.05) is 25.6 Å². The van der Waals surface area contributed by atoms with E-state index < -0.39 is 6.10 Å². The second-order valence-corrected chi connectivity index (χ2v) is 6.21. The van der Waals surface area contributed by atoms with Gasteiger partial charge in [-0.3, -0.25) is 0 Å². The third-order valence-electron chi connectivity index (χ3n) is 3.37. The van der Waals surface area contributed by atoms with Crippen molar-refractivity contribution in [1.82, 2.24) is 5.32 Å². The van der Waals surface area contributed by atoms with Crippen LogP contribution in [0.15, 0.2) is 35.7 Å². The Hall–Kier alpha value is -1.89. The minimum Gasteiger partial charge on any atom is -0.391 e. The third-order valence-corrected chi connectivity index (χ3v) is 4.43. The van der Waals surface area contributed by atoms with Gasteiger partial charge < -0.3 is 20.5 Å². The van der Waals surface area contributed by atoms with Gasteiger partial charge in [0, 0.05) is 24.2 Å². The van der Waals surface area contributed by atoms with E-state index in [1.807, 2.05) is 24.3 Å². The topological polar surface area (TPSA) is 70.6 Å². The monoisotopic (exact) mass is 334 g/mol. The first-order chi connectivity index (χ1) is 11.1. The second kappa shape index (κ2) is 8.67.